The molecule has 1 atom stereocenters. The number of hydrogen-bond acceptors (Lipinski definition) is 4. The van der Waals surface area contributed by atoms with Gasteiger partial charge in [-0.1, -0.05) is 18.2 Å². The quantitative estimate of drug-likeness (QED) is 0.944. The van der Waals surface area contributed by atoms with E-state index in [2.05, 4.69) is 15.4 Å². The smallest absolute Gasteiger partial charge is 0.240 e. The van der Waals surface area contributed by atoms with Crippen molar-refractivity contribution in [1.82, 2.24) is 9.99 Å². The predicted molar refractivity (Wildman–Crippen MR) is 91.4 cm³/mol. The molecule has 1 aliphatic rings. The predicted octanol–water partition coefficient (Wildman–Crippen LogP) is 2.74. The first-order chi connectivity index (χ1) is 11.5. The number of carbonyl (C=O) groups is 2. The Labute approximate surface area is 140 Å². The maximum atomic E-state index is 11.9. The van der Waals surface area contributed by atoms with Gasteiger partial charge in [0.15, 0.2) is 0 Å². The third kappa shape index (κ3) is 3.32. The summed E-state index contributed by atoms with van der Waals surface area (Å²) in [5.41, 5.74) is 3.47. The number of carbonyl (C=O) groups excluding carboxylic acids is 2. The van der Waals surface area contributed by atoms with E-state index < -0.39 is 0 Å². The van der Waals surface area contributed by atoms with E-state index in [1.807, 2.05) is 36.4 Å². The van der Waals surface area contributed by atoms with Crippen LogP contribution < -0.4 is 5.32 Å². The number of anilines is 1. The summed E-state index contributed by atoms with van der Waals surface area (Å²) in [5, 5.41) is 8.73. The van der Waals surface area contributed by atoms with Gasteiger partial charge in [0.25, 0.3) is 0 Å². The van der Waals surface area contributed by atoms with Crippen LogP contribution in [0.3, 0.4) is 0 Å². The summed E-state index contributed by atoms with van der Waals surface area (Å²) in [6.07, 6.45) is 4.10. The first-order valence-corrected chi connectivity index (χ1v) is 7.70. The Morgan fingerprint density at radius 1 is 1.17 bits per heavy atom. The van der Waals surface area contributed by atoms with Crippen molar-refractivity contribution < 1.29 is 9.59 Å². The van der Waals surface area contributed by atoms with E-state index in [-0.39, 0.29) is 17.9 Å². The van der Waals surface area contributed by atoms with Gasteiger partial charge in [0, 0.05) is 38.3 Å². The molecule has 3 rings (SSSR count). The number of pyridine rings is 1. The Morgan fingerprint density at radius 3 is 2.50 bits per heavy atom. The third-order valence-corrected chi connectivity index (χ3v) is 3.84. The topological polar surface area (TPSA) is 74.7 Å². The minimum absolute atomic E-state index is 0.103. The van der Waals surface area contributed by atoms with Crippen molar-refractivity contribution >= 4 is 23.2 Å². The summed E-state index contributed by atoms with van der Waals surface area (Å²) in [6.45, 7) is 2.98. The van der Waals surface area contributed by atoms with Crippen LogP contribution in [0.4, 0.5) is 5.69 Å². The van der Waals surface area contributed by atoms with Crippen molar-refractivity contribution in [3.05, 3.63) is 59.9 Å². The lowest BCUT2D eigenvalue weighted by molar-refractivity contribution is -0.130. The van der Waals surface area contributed by atoms with Crippen molar-refractivity contribution in [2.24, 2.45) is 5.10 Å². The molecular weight excluding hydrogens is 304 g/mol. The molecule has 122 valence electrons. The molecular formula is C18H18N4O2. The van der Waals surface area contributed by atoms with E-state index >= 15 is 0 Å². The molecule has 0 spiro atoms. The molecule has 24 heavy (non-hydrogen) atoms. The zero-order chi connectivity index (χ0) is 17.1. The molecule has 0 saturated carbocycles. The fourth-order valence-electron chi connectivity index (χ4n) is 2.76. The maximum Gasteiger partial charge on any atom is 0.240 e. The molecule has 1 unspecified atom stereocenters. The molecule has 6 heteroatoms. The molecule has 1 aromatic carbocycles. The summed E-state index contributed by atoms with van der Waals surface area (Å²) < 4.78 is 0. The van der Waals surface area contributed by atoms with E-state index in [9.17, 15) is 9.59 Å². The van der Waals surface area contributed by atoms with Gasteiger partial charge in [-0.2, -0.15) is 5.10 Å². The Hall–Kier alpha value is -3.02. The van der Waals surface area contributed by atoms with Crippen molar-refractivity contribution in [3.63, 3.8) is 0 Å². The summed E-state index contributed by atoms with van der Waals surface area (Å²) >= 11 is 0. The van der Waals surface area contributed by atoms with E-state index in [0.717, 1.165) is 22.5 Å². The lowest BCUT2D eigenvalue weighted by Gasteiger charge is -2.19. The summed E-state index contributed by atoms with van der Waals surface area (Å²) in [7, 11) is 0. The van der Waals surface area contributed by atoms with E-state index in [0.29, 0.717) is 6.42 Å². The SMILES string of the molecule is CC(=O)Nc1ccc(C2=NN(C(C)=O)C(c3cccnc3)C2)cc1. The molecule has 1 N–H and O–H groups in total. The molecule has 2 heterocycles. The van der Waals surface area contributed by atoms with Crippen molar-refractivity contribution in [3.8, 4) is 0 Å². The van der Waals surface area contributed by atoms with Gasteiger partial charge in [-0.25, -0.2) is 5.01 Å². The molecule has 0 bridgehead atoms. The highest BCUT2D eigenvalue weighted by Gasteiger charge is 2.31. The number of nitrogens with zero attached hydrogens (tertiary/aromatic N) is 3. The average Bonchev–Trinajstić information content (AvgIpc) is 3.01. The van der Waals surface area contributed by atoms with Crippen LogP contribution in [0.5, 0.6) is 0 Å². The Kier molecular flexibility index (Phi) is 4.37. The van der Waals surface area contributed by atoms with E-state index in [4.69, 9.17) is 0 Å². The Bertz CT molecular complexity index is 784. The summed E-state index contributed by atoms with van der Waals surface area (Å²) in [5.74, 6) is -0.214. The van der Waals surface area contributed by atoms with Gasteiger partial charge in [0.05, 0.1) is 11.8 Å². The number of aromatic nitrogens is 1. The molecule has 0 saturated heterocycles. The number of hydrogen-bond donors (Lipinski definition) is 1. The number of rotatable bonds is 3. The molecule has 0 radical (unpaired) electrons. The highest BCUT2D eigenvalue weighted by Crippen LogP contribution is 2.32. The van der Waals surface area contributed by atoms with Crippen molar-refractivity contribution in [2.45, 2.75) is 26.3 Å². The van der Waals surface area contributed by atoms with Gasteiger partial charge < -0.3 is 5.32 Å². The van der Waals surface area contributed by atoms with E-state index in [1.54, 1.807) is 12.4 Å². The number of hydrazone groups is 1. The lowest BCUT2D eigenvalue weighted by atomic mass is 9.99. The summed E-state index contributed by atoms with van der Waals surface area (Å²) in [4.78, 5) is 27.2. The standard InChI is InChI=1S/C18H18N4O2/c1-12(23)20-16-7-5-14(6-8-16)17-10-18(22(21-17)13(2)24)15-4-3-9-19-11-15/h3-9,11,18H,10H2,1-2H3,(H,20,23). The van der Waals surface area contributed by atoms with Gasteiger partial charge >= 0.3 is 0 Å². The molecule has 2 aromatic rings. The monoisotopic (exact) mass is 322 g/mol. The fourth-order valence-corrected chi connectivity index (χ4v) is 2.76. The van der Waals surface area contributed by atoms with Crippen LogP contribution in [0.25, 0.3) is 0 Å². The van der Waals surface area contributed by atoms with Crippen LogP contribution in [-0.4, -0.2) is 27.5 Å². The minimum atomic E-state index is -0.138. The van der Waals surface area contributed by atoms with Crippen molar-refractivity contribution in [1.29, 1.82) is 0 Å². The highest BCUT2D eigenvalue weighted by molar-refractivity contribution is 6.03. The third-order valence-electron chi connectivity index (χ3n) is 3.84. The highest BCUT2D eigenvalue weighted by atomic mass is 16.2. The minimum Gasteiger partial charge on any atom is -0.326 e. The second kappa shape index (κ2) is 6.62. The van der Waals surface area contributed by atoms with Crippen LogP contribution in [0, 0.1) is 0 Å². The van der Waals surface area contributed by atoms with Crippen LogP contribution in [0.15, 0.2) is 53.9 Å². The van der Waals surface area contributed by atoms with Gasteiger partial charge in [-0.3, -0.25) is 14.6 Å². The molecule has 2 amide bonds. The molecule has 1 aliphatic heterocycles. The summed E-state index contributed by atoms with van der Waals surface area (Å²) in [6, 6.07) is 11.1. The number of nitrogens with one attached hydrogen (secondary N) is 1. The van der Waals surface area contributed by atoms with Gasteiger partial charge in [-0.15, -0.1) is 0 Å². The van der Waals surface area contributed by atoms with Gasteiger partial charge in [-0.05, 0) is 29.3 Å². The normalized spacial score (nSPS) is 16.7. The van der Waals surface area contributed by atoms with Crippen LogP contribution in [0.2, 0.25) is 0 Å². The van der Waals surface area contributed by atoms with Gasteiger partial charge in [0.1, 0.15) is 0 Å². The van der Waals surface area contributed by atoms with Crippen LogP contribution >= 0.6 is 0 Å². The number of benzene rings is 1. The second-order valence-electron chi connectivity index (χ2n) is 5.68. The molecule has 0 aliphatic carbocycles. The van der Waals surface area contributed by atoms with Gasteiger partial charge in [0.2, 0.25) is 11.8 Å². The Balaban J connectivity index is 1.85. The zero-order valence-corrected chi connectivity index (χ0v) is 13.6. The van der Waals surface area contributed by atoms with Crippen LogP contribution in [-0.2, 0) is 9.59 Å². The first kappa shape index (κ1) is 15.9. The zero-order valence-electron chi connectivity index (χ0n) is 13.6. The maximum absolute atomic E-state index is 11.9. The largest absolute Gasteiger partial charge is 0.326 e. The molecule has 1 aromatic heterocycles. The number of amides is 2. The fraction of sp³-hybridized carbons (Fsp3) is 0.222. The lowest BCUT2D eigenvalue weighted by Crippen LogP contribution is -2.24. The molecule has 6 nitrogen and oxygen atoms in total. The first-order valence-electron chi connectivity index (χ1n) is 7.70. The second-order valence-corrected chi connectivity index (χ2v) is 5.68. The van der Waals surface area contributed by atoms with E-state index in [1.165, 1.54) is 18.9 Å². The Morgan fingerprint density at radius 2 is 1.92 bits per heavy atom. The molecule has 0 fully saturated rings. The van der Waals surface area contributed by atoms with Crippen LogP contribution in [0.1, 0.15) is 37.4 Å². The van der Waals surface area contributed by atoms with Crippen molar-refractivity contribution in [2.75, 3.05) is 5.32 Å². The average molecular weight is 322 g/mol.